The molecule has 0 saturated carbocycles. The SMILES string of the molecule is CCCC(C)COc1ccc(S(=O)(=O)Cl)cc1C(=O)O. The van der Waals surface area contributed by atoms with E-state index in [1.807, 2.05) is 6.92 Å². The second-order valence-electron chi connectivity index (χ2n) is 4.61. The molecule has 0 bridgehead atoms. The van der Waals surface area contributed by atoms with E-state index in [1.54, 1.807) is 0 Å². The van der Waals surface area contributed by atoms with Crippen molar-refractivity contribution in [2.75, 3.05) is 6.61 Å². The Hall–Kier alpha value is -1.27. The van der Waals surface area contributed by atoms with E-state index in [2.05, 4.69) is 6.92 Å². The Morgan fingerprint density at radius 1 is 1.45 bits per heavy atom. The fourth-order valence-electron chi connectivity index (χ4n) is 1.76. The van der Waals surface area contributed by atoms with Gasteiger partial charge in [0.25, 0.3) is 9.05 Å². The van der Waals surface area contributed by atoms with Gasteiger partial charge >= 0.3 is 5.97 Å². The third kappa shape index (κ3) is 4.68. The molecule has 5 nitrogen and oxygen atoms in total. The molecule has 1 atom stereocenters. The maximum atomic E-state index is 11.2. The van der Waals surface area contributed by atoms with Crippen LogP contribution in [0, 0.1) is 5.92 Å². The van der Waals surface area contributed by atoms with Gasteiger partial charge in [-0.2, -0.15) is 0 Å². The second-order valence-corrected chi connectivity index (χ2v) is 7.17. The number of rotatable bonds is 7. The Morgan fingerprint density at radius 2 is 2.10 bits per heavy atom. The van der Waals surface area contributed by atoms with Crippen molar-refractivity contribution in [3.63, 3.8) is 0 Å². The van der Waals surface area contributed by atoms with Crippen LogP contribution in [0.15, 0.2) is 23.1 Å². The fraction of sp³-hybridized carbons (Fsp3) is 0.462. The van der Waals surface area contributed by atoms with Crippen molar-refractivity contribution in [1.82, 2.24) is 0 Å². The zero-order valence-corrected chi connectivity index (χ0v) is 12.9. The smallest absolute Gasteiger partial charge is 0.339 e. The van der Waals surface area contributed by atoms with E-state index < -0.39 is 15.0 Å². The normalized spacial score (nSPS) is 12.9. The van der Waals surface area contributed by atoms with E-state index in [0.29, 0.717) is 6.61 Å². The van der Waals surface area contributed by atoms with Crippen molar-refractivity contribution in [2.45, 2.75) is 31.6 Å². The van der Waals surface area contributed by atoms with Crippen molar-refractivity contribution in [1.29, 1.82) is 0 Å². The van der Waals surface area contributed by atoms with Gasteiger partial charge < -0.3 is 9.84 Å². The van der Waals surface area contributed by atoms with E-state index in [-0.39, 0.29) is 22.1 Å². The number of carbonyl (C=O) groups is 1. The highest BCUT2D eigenvalue weighted by atomic mass is 35.7. The first-order chi connectivity index (χ1) is 9.25. The molecule has 0 radical (unpaired) electrons. The molecule has 0 amide bonds. The van der Waals surface area contributed by atoms with Crippen molar-refractivity contribution >= 4 is 25.7 Å². The Labute approximate surface area is 122 Å². The second kappa shape index (κ2) is 6.95. The lowest BCUT2D eigenvalue weighted by molar-refractivity contribution is 0.0691. The van der Waals surface area contributed by atoms with Gasteiger partial charge in [-0.1, -0.05) is 20.3 Å². The average Bonchev–Trinajstić information content (AvgIpc) is 2.35. The van der Waals surface area contributed by atoms with Gasteiger partial charge in [-0.15, -0.1) is 0 Å². The summed E-state index contributed by atoms with van der Waals surface area (Å²) in [7, 11) is 1.23. The number of carboxylic acids is 1. The van der Waals surface area contributed by atoms with Crippen molar-refractivity contribution < 1.29 is 23.1 Å². The summed E-state index contributed by atoms with van der Waals surface area (Å²) in [4.78, 5) is 10.9. The minimum atomic E-state index is -3.96. The Bertz CT molecular complexity index is 582. The first-order valence-electron chi connectivity index (χ1n) is 6.20. The van der Waals surface area contributed by atoms with E-state index in [4.69, 9.17) is 20.5 Å². The van der Waals surface area contributed by atoms with Gasteiger partial charge in [0.05, 0.1) is 11.5 Å². The van der Waals surface area contributed by atoms with Gasteiger partial charge in [0.1, 0.15) is 11.3 Å². The molecule has 7 heteroatoms. The monoisotopic (exact) mass is 320 g/mol. The number of hydrogen-bond donors (Lipinski definition) is 1. The Kier molecular flexibility index (Phi) is 5.83. The highest BCUT2D eigenvalue weighted by Crippen LogP contribution is 2.25. The first-order valence-corrected chi connectivity index (χ1v) is 8.51. The van der Waals surface area contributed by atoms with E-state index in [1.165, 1.54) is 12.1 Å². The van der Waals surface area contributed by atoms with Crippen LogP contribution in [0.1, 0.15) is 37.0 Å². The highest BCUT2D eigenvalue weighted by Gasteiger charge is 2.18. The fourth-order valence-corrected chi connectivity index (χ4v) is 2.54. The summed E-state index contributed by atoms with van der Waals surface area (Å²) in [5.74, 6) is -0.826. The topological polar surface area (TPSA) is 80.7 Å². The molecule has 0 heterocycles. The first kappa shape index (κ1) is 16.8. The molecule has 0 aliphatic heterocycles. The summed E-state index contributed by atoms with van der Waals surface area (Å²) in [6.07, 6.45) is 1.98. The lowest BCUT2D eigenvalue weighted by atomic mass is 10.1. The maximum absolute atomic E-state index is 11.2. The van der Waals surface area contributed by atoms with Crippen LogP contribution in [-0.4, -0.2) is 26.1 Å². The molecule has 20 heavy (non-hydrogen) atoms. The van der Waals surface area contributed by atoms with Crippen molar-refractivity contribution in [3.8, 4) is 5.75 Å². The summed E-state index contributed by atoms with van der Waals surface area (Å²) in [5.41, 5.74) is -0.213. The highest BCUT2D eigenvalue weighted by molar-refractivity contribution is 8.13. The van der Waals surface area contributed by atoms with Crippen LogP contribution in [0.3, 0.4) is 0 Å². The molecule has 1 aromatic carbocycles. The molecule has 1 unspecified atom stereocenters. The molecule has 0 aliphatic carbocycles. The molecule has 0 aliphatic rings. The van der Waals surface area contributed by atoms with Crippen molar-refractivity contribution in [2.24, 2.45) is 5.92 Å². The minimum Gasteiger partial charge on any atom is -0.492 e. The van der Waals surface area contributed by atoms with Crippen LogP contribution >= 0.6 is 10.7 Å². The zero-order valence-electron chi connectivity index (χ0n) is 11.3. The van der Waals surface area contributed by atoms with E-state index in [0.717, 1.165) is 18.9 Å². The number of aromatic carboxylic acids is 1. The molecule has 1 rings (SSSR count). The van der Waals surface area contributed by atoms with Gasteiger partial charge in [-0.25, -0.2) is 13.2 Å². The number of halogens is 1. The van der Waals surface area contributed by atoms with Crippen molar-refractivity contribution in [3.05, 3.63) is 23.8 Å². The van der Waals surface area contributed by atoms with Crippen LogP contribution in [-0.2, 0) is 9.05 Å². The number of carboxylic acid groups (broad SMARTS) is 1. The zero-order chi connectivity index (χ0) is 15.3. The molecule has 0 spiro atoms. The van der Waals surface area contributed by atoms with Gasteiger partial charge in [-0.05, 0) is 30.5 Å². The number of benzene rings is 1. The predicted molar refractivity (Wildman–Crippen MR) is 76.0 cm³/mol. The molecule has 112 valence electrons. The van der Waals surface area contributed by atoms with Crippen LogP contribution < -0.4 is 4.74 Å². The third-order valence-electron chi connectivity index (χ3n) is 2.77. The Morgan fingerprint density at radius 3 is 2.60 bits per heavy atom. The summed E-state index contributed by atoms with van der Waals surface area (Å²) < 4.78 is 27.9. The summed E-state index contributed by atoms with van der Waals surface area (Å²) in [5, 5.41) is 9.11. The predicted octanol–water partition coefficient (Wildman–Crippen LogP) is 3.13. The maximum Gasteiger partial charge on any atom is 0.339 e. The van der Waals surface area contributed by atoms with Crippen LogP contribution in [0.2, 0.25) is 0 Å². The summed E-state index contributed by atoms with van der Waals surface area (Å²) in [6.45, 7) is 4.43. The third-order valence-corrected chi connectivity index (χ3v) is 4.12. The average molecular weight is 321 g/mol. The van der Waals surface area contributed by atoms with Gasteiger partial charge in [0.15, 0.2) is 0 Å². The standard InChI is InChI=1S/C13H17ClO5S/c1-3-4-9(2)8-19-12-6-5-10(20(14,17)18)7-11(12)13(15)16/h5-7,9H,3-4,8H2,1-2H3,(H,15,16). The van der Waals surface area contributed by atoms with Crippen LogP contribution in [0.4, 0.5) is 0 Å². The number of hydrogen-bond acceptors (Lipinski definition) is 4. The number of ether oxygens (including phenoxy) is 1. The lowest BCUT2D eigenvalue weighted by Gasteiger charge is -2.14. The molecule has 0 fully saturated rings. The molecule has 0 saturated heterocycles. The van der Waals surface area contributed by atoms with Gasteiger partial charge in [-0.3, -0.25) is 0 Å². The summed E-state index contributed by atoms with van der Waals surface area (Å²) in [6, 6.07) is 3.55. The van der Waals surface area contributed by atoms with E-state index in [9.17, 15) is 13.2 Å². The molecule has 1 aromatic rings. The summed E-state index contributed by atoms with van der Waals surface area (Å²) >= 11 is 0. The van der Waals surface area contributed by atoms with E-state index >= 15 is 0 Å². The van der Waals surface area contributed by atoms with Crippen LogP contribution in [0.25, 0.3) is 0 Å². The van der Waals surface area contributed by atoms with Gasteiger partial charge in [0.2, 0.25) is 0 Å². The molecular weight excluding hydrogens is 304 g/mol. The molecular formula is C13H17ClO5S. The lowest BCUT2D eigenvalue weighted by Crippen LogP contribution is -2.11. The van der Waals surface area contributed by atoms with Gasteiger partial charge in [0, 0.05) is 10.7 Å². The molecule has 1 N–H and O–H groups in total. The quantitative estimate of drug-likeness (QED) is 0.781. The Balaban J connectivity index is 3.00. The largest absolute Gasteiger partial charge is 0.492 e. The molecule has 0 aromatic heterocycles. The van der Waals surface area contributed by atoms with Crippen LogP contribution in [0.5, 0.6) is 5.75 Å². The minimum absolute atomic E-state index is 0.143.